The summed E-state index contributed by atoms with van der Waals surface area (Å²) in [4.78, 5) is 4.04. The van der Waals surface area contributed by atoms with E-state index in [1.54, 1.807) is 6.40 Å². The molecule has 1 aliphatic rings. The van der Waals surface area contributed by atoms with Crippen LogP contribution in [0.4, 0.5) is 0 Å². The van der Waals surface area contributed by atoms with E-state index < -0.39 is 0 Å². The van der Waals surface area contributed by atoms with Crippen molar-refractivity contribution in [1.82, 2.24) is 0 Å². The van der Waals surface area contributed by atoms with Gasteiger partial charge in [0, 0.05) is 0 Å². The predicted octanol–water partition coefficient (Wildman–Crippen LogP) is 1.21. The molecule has 0 N–H and O–H groups in total. The number of hydrogen-bond donors (Lipinski definition) is 0. The molecule has 2 heteroatoms. The molecule has 46 valence electrons. The van der Waals surface area contributed by atoms with Crippen molar-refractivity contribution in [1.29, 1.82) is 0 Å². The van der Waals surface area contributed by atoms with Crippen LogP contribution in [-0.2, 0) is 4.74 Å². The smallest absolute Gasteiger partial charge is 0.170 e. The SMILES string of the molecule is CCC1OC=NC1C. The van der Waals surface area contributed by atoms with E-state index in [-0.39, 0.29) is 0 Å². The summed E-state index contributed by atoms with van der Waals surface area (Å²) in [6.45, 7) is 4.17. The lowest BCUT2D eigenvalue weighted by Gasteiger charge is -2.08. The molecule has 1 aliphatic heterocycles. The monoisotopic (exact) mass is 113 g/mol. The van der Waals surface area contributed by atoms with E-state index in [9.17, 15) is 0 Å². The molecule has 0 aliphatic carbocycles. The number of nitrogens with zero attached hydrogens (tertiary/aromatic N) is 1. The molecule has 0 aromatic heterocycles. The molecular formula is C6H11NO. The molecule has 0 fully saturated rings. The fourth-order valence-electron chi connectivity index (χ4n) is 0.856. The van der Waals surface area contributed by atoms with Crippen LogP contribution in [0.3, 0.4) is 0 Å². The zero-order chi connectivity index (χ0) is 5.98. The van der Waals surface area contributed by atoms with E-state index >= 15 is 0 Å². The lowest BCUT2D eigenvalue weighted by atomic mass is 10.1. The van der Waals surface area contributed by atoms with Gasteiger partial charge in [-0.25, -0.2) is 0 Å². The summed E-state index contributed by atoms with van der Waals surface area (Å²) in [5, 5.41) is 0. The Morgan fingerprint density at radius 3 is 2.75 bits per heavy atom. The third-order valence-electron chi connectivity index (χ3n) is 1.47. The molecule has 0 aromatic rings. The minimum absolute atomic E-state index is 0.343. The fraction of sp³-hybridized carbons (Fsp3) is 0.833. The van der Waals surface area contributed by atoms with Crippen LogP contribution in [-0.4, -0.2) is 18.5 Å². The van der Waals surface area contributed by atoms with Gasteiger partial charge in [0.15, 0.2) is 6.40 Å². The molecule has 0 spiro atoms. The zero-order valence-corrected chi connectivity index (χ0v) is 5.29. The van der Waals surface area contributed by atoms with Gasteiger partial charge in [-0.3, -0.25) is 4.99 Å². The van der Waals surface area contributed by atoms with Crippen molar-refractivity contribution in [3.8, 4) is 0 Å². The largest absolute Gasteiger partial charge is 0.478 e. The number of aliphatic imine (C=N–C) groups is 1. The van der Waals surface area contributed by atoms with Gasteiger partial charge in [0.25, 0.3) is 0 Å². The average Bonchev–Trinajstić information content (AvgIpc) is 2.14. The lowest BCUT2D eigenvalue weighted by Crippen LogP contribution is -2.16. The van der Waals surface area contributed by atoms with Gasteiger partial charge >= 0.3 is 0 Å². The second-order valence-electron chi connectivity index (χ2n) is 2.08. The number of ether oxygens (including phenoxy) is 1. The second-order valence-corrected chi connectivity index (χ2v) is 2.08. The van der Waals surface area contributed by atoms with Crippen molar-refractivity contribution in [2.75, 3.05) is 0 Å². The first kappa shape index (κ1) is 5.60. The molecule has 2 nitrogen and oxygen atoms in total. The van der Waals surface area contributed by atoms with Crippen LogP contribution in [0.5, 0.6) is 0 Å². The van der Waals surface area contributed by atoms with Crippen molar-refractivity contribution in [2.24, 2.45) is 4.99 Å². The van der Waals surface area contributed by atoms with Gasteiger partial charge in [0.1, 0.15) is 6.10 Å². The van der Waals surface area contributed by atoms with Gasteiger partial charge in [-0.1, -0.05) is 6.92 Å². The summed E-state index contributed by atoms with van der Waals surface area (Å²) < 4.78 is 5.12. The Morgan fingerprint density at radius 1 is 1.75 bits per heavy atom. The highest BCUT2D eigenvalue weighted by Gasteiger charge is 2.18. The molecule has 2 unspecified atom stereocenters. The molecule has 1 heterocycles. The van der Waals surface area contributed by atoms with E-state index in [0.29, 0.717) is 12.1 Å². The van der Waals surface area contributed by atoms with Crippen LogP contribution in [0, 0.1) is 0 Å². The van der Waals surface area contributed by atoms with E-state index in [1.807, 2.05) is 0 Å². The van der Waals surface area contributed by atoms with Crippen molar-refractivity contribution in [3.63, 3.8) is 0 Å². The summed E-state index contributed by atoms with van der Waals surface area (Å²) in [6, 6.07) is 0.375. The Bertz CT molecular complexity index is 101. The standard InChI is InChI=1S/C6H11NO/c1-3-6-5(2)7-4-8-6/h4-6H,3H2,1-2H3. The third-order valence-corrected chi connectivity index (χ3v) is 1.47. The second kappa shape index (κ2) is 2.16. The van der Waals surface area contributed by atoms with Crippen molar-refractivity contribution >= 4 is 6.40 Å². The molecule has 0 aromatic carbocycles. The fourth-order valence-corrected chi connectivity index (χ4v) is 0.856. The number of hydrogen-bond acceptors (Lipinski definition) is 2. The Kier molecular flexibility index (Phi) is 1.51. The van der Waals surface area contributed by atoms with Crippen LogP contribution < -0.4 is 0 Å². The minimum atomic E-state index is 0.343. The summed E-state index contributed by atoms with van der Waals surface area (Å²) >= 11 is 0. The Hall–Kier alpha value is -0.530. The maximum atomic E-state index is 5.12. The molecule has 0 bridgehead atoms. The molecule has 0 radical (unpaired) electrons. The van der Waals surface area contributed by atoms with Gasteiger partial charge in [-0.15, -0.1) is 0 Å². The van der Waals surface area contributed by atoms with Crippen LogP contribution in [0.2, 0.25) is 0 Å². The van der Waals surface area contributed by atoms with Gasteiger partial charge in [0.2, 0.25) is 0 Å². The molecule has 8 heavy (non-hydrogen) atoms. The molecule has 0 amide bonds. The Labute approximate surface area is 49.6 Å². The Balaban J connectivity index is 2.38. The van der Waals surface area contributed by atoms with Crippen molar-refractivity contribution in [2.45, 2.75) is 32.4 Å². The van der Waals surface area contributed by atoms with Crippen LogP contribution in [0.15, 0.2) is 4.99 Å². The third kappa shape index (κ3) is 0.831. The van der Waals surface area contributed by atoms with E-state index in [4.69, 9.17) is 4.74 Å². The number of rotatable bonds is 1. The predicted molar refractivity (Wildman–Crippen MR) is 33.1 cm³/mol. The molecular weight excluding hydrogens is 102 g/mol. The van der Waals surface area contributed by atoms with Crippen LogP contribution >= 0.6 is 0 Å². The van der Waals surface area contributed by atoms with Crippen molar-refractivity contribution < 1.29 is 4.74 Å². The first-order valence-corrected chi connectivity index (χ1v) is 3.01. The van der Waals surface area contributed by atoms with E-state index in [0.717, 1.165) is 6.42 Å². The summed E-state index contributed by atoms with van der Waals surface area (Å²) in [7, 11) is 0. The Morgan fingerprint density at radius 2 is 2.50 bits per heavy atom. The molecule has 1 rings (SSSR count). The minimum Gasteiger partial charge on any atom is -0.478 e. The summed E-state index contributed by atoms with van der Waals surface area (Å²) in [6.07, 6.45) is 2.95. The quantitative estimate of drug-likeness (QED) is 0.501. The maximum absolute atomic E-state index is 5.12. The van der Waals surface area contributed by atoms with Gasteiger partial charge in [-0.2, -0.15) is 0 Å². The van der Waals surface area contributed by atoms with E-state index in [2.05, 4.69) is 18.8 Å². The van der Waals surface area contributed by atoms with Crippen LogP contribution in [0.25, 0.3) is 0 Å². The molecule has 0 saturated heterocycles. The maximum Gasteiger partial charge on any atom is 0.170 e. The van der Waals surface area contributed by atoms with Crippen LogP contribution in [0.1, 0.15) is 20.3 Å². The van der Waals surface area contributed by atoms with E-state index in [1.165, 1.54) is 0 Å². The highest BCUT2D eigenvalue weighted by molar-refractivity contribution is 5.49. The summed E-state index contributed by atoms with van der Waals surface area (Å²) in [5.74, 6) is 0. The lowest BCUT2D eigenvalue weighted by molar-refractivity contribution is 0.201. The highest BCUT2D eigenvalue weighted by Crippen LogP contribution is 2.10. The first-order valence-electron chi connectivity index (χ1n) is 3.01. The normalized spacial score (nSPS) is 35.2. The van der Waals surface area contributed by atoms with Gasteiger partial charge in [-0.05, 0) is 13.3 Å². The summed E-state index contributed by atoms with van der Waals surface area (Å²) in [5.41, 5.74) is 0. The highest BCUT2D eigenvalue weighted by atomic mass is 16.5. The first-order chi connectivity index (χ1) is 3.84. The topological polar surface area (TPSA) is 21.6 Å². The molecule has 2 atom stereocenters. The van der Waals surface area contributed by atoms with Gasteiger partial charge < -0.3 is 4.74 Å². The zero-order valence-electron chi connectivity index (χ0n) is 5.29. The van der Waals surface area contributed by atoms with Gasteiger partial charge in [0.05, 0.1) is 6.04 Å². The van der Waals surface area contributed by atoms with Crippen molar-refractivity contribution in [3.05, 3.63) is 0 Å². The molecule has 0 saturated carbocycles. The average molecular weight is 113 g/mol.